The summed E-state index contributed by atoms with van der Waals surface area (Å²) in [6.45, 7) is 10.0. The van der Waals surface area contributed by atoms with Gasteiger partial charge in [-0.05, 0) is 43.0 Å². The lowest BCUT2D eigenvalue weighted by Gasteiger charge is -2.17. The van der Waals surface area contributed by atoms with E-state index in [-0.39, 0.29) is 11.3 Å². The van der Waals surface area contributed by atoms with Crippen LogP contribution in [0, 0.1) is 19.3 Å². The van der Waals surface area contributed by atoms with Gasteiger partial charge in [-0.1, -0.05) is 26.8 Å². The Bertz CT molecular complexity index is 897. The van der Waals surface area contributed by atoms with Gasteiger partial charge in [-0.25, -0.2) is 4.98 Å². The van der Waals surface area contributed by atoms with Gasteiger partial charge in [0.25, 0.3) is 0 Å². The Hall–Kier alpha value is -2.56. The number of nitrogens with one attached hydrogen (secondary N) is 1. The van der Waals surface area contributed by atoms with E-state index >= 15 is 0 Å². The van der Waals surface area contributed by atoms with E-state index in [0.717, 1.165) is 17.0 Å². The lowest BCUT2D eigenvalue weighted by atomic mass is 9.92. The molecular weight excluding hydrogens is 302 g/mol. The fourth-order valence-corrected chi connectivity index (χ4v) is 2.66. The van der Waals surface area contributed by atoms with E-state index in [1.165, 1.54) is 0 Å². The van der Waals surface area contributed by atoms with Crippen LogP contribution in [-0.2, 0) is 4.79 Å². The van der Waals surface area contributed by atoms with Gasteiger partial charge in [0, 0.05) is 12.6 Å². The fraction of sp³-hybridized carbons (Fsp3) is 0.368. The van der Waals surface area contributed by atoms with E-state index in [1.54, 1.807) is 0 Å². The monoisotopic (exact) mass is 325 g/mol. The van der Waals surface area contributed by atoms with Crippen LogP contribution in [0.1, 0.15) is 38.5 Å². The lowest BCUT2D eigenvalue weighted by Crippen LogP contribution is -2.20. The number of carbonyl (C=O) groups excluding carboxylic acids is 1. The highest BCUT2D eigenvalue weighted by Gasteiger charge is 2.21. The third kappa shape index (κ3) is 3.35. The molecule has 3 heterocycles. The molecule has 0 bridgehead atoms. The fourth-order valence-electron chi connectivity index (χ4n) is 2.66. The van der Waals surface area contributed by atoms with Crippen LogP contribution in [-0.4, -0.2) is 15.3 Å². The summed E-state index contributed by atoms with van der Waals surface area (Å²) in [6.07, 6.45) is 2.40. The lowest BCUT2D eigenvalue weighted by molar-refractivity contribution is -0.117. The van der Waals surface area contributed by atoms with Crippen molar-refractivity contribution >= 4 is 17.4 Å². The maximum atomic E-state index is 12.5. The zero-order chi connectivity index (χ0) is 17.5. The zero-order valence-corrected chi connectivity index (χ0v) is 14.8. The Morgan fingerprint density at radius 3 is 2.58 bits per heavy atom. The minimum atomic E-state index is -0.0814. The van der Waals surface area contributed by atoms with Crippen molar-refractivity contribution in [2.75, 3.05) is 5.32 Å². The number of furan rings is 1. The number of carbonyl (C=O) groups is 1. The SMILES string of the molecule is Cc1ccc2nc(-c3ccc(C)o3)c(NC(=O)CC(C)(C)C)n2c1. The van der Waals surface area contributed by atoms with Gasteiger partial charge >= 0.3 is 0 Å². The normalized spacial score (nSPS) is 11.9. The van der Waals surface area contributed by atoms with Crippen LogP contribution < -0.4 is 5.32 Å². The number of pyridine rings is 1. The standard InChI is InChI=1S/C19H23N3O2/c1-12-6-9-15-20-17(14-8-7-13(2)24-14)18(22(15)11-12)21-16(23)10-19(3,4)5/h6-9,11H,10H2,1-5H3,(H,21,23). The molecule has 3 rings (SSSR count). The number of hydrogen-bond donors (Lipinski definition) is 1. The number of rotatable bonds is 3. The summed E-state index contributed by atoms with van der Waals surface area (Å²) < 4.78 is 7.63. The van der Waals surface area contributed by atoms with Crippen LogP contribution in [0.4, 0.5) is 5.82 Å². The zero-order valence-electron chi connectivity index (χ0n) is 14.8. The summed E-state index contributed by atoms with van der Waals surface area (Å²) in [6, 6.07) is 7.71. The molecule has 0 aromatic carbocycles. The molecule has 126 valence electrons. The number of imidazole rings is 1. The molecule has 0 unspecified atom stereocenters. The van der Waals surface area contributed by atoms with E-state index in [1.807, 2.05) is 69.5 Å². The van der Waals surface area contributed by atoms with Crippen molar-refractivity contribution in [2.24, 2.45) is 5.41 Å². The second-order valence-electron chi connectivity index (χ2n) is 7.44. The summed E-state index contributed by atoms with van der Waals surface area (Å²) in [5, 5.41) is 3.03. The number of hydrogen-bond acceptors (Lipinski definition) is 3. The molecular formula is C19H23N3O2. The number of aromatic nitrogens is 2. The van der Waals surface area contributed by atoms with Crippen LogP contribution in [0.25, 0.3) is 17.1 Å². The number of amides is 1. The molecule has 0 aliphatic rings. The van der Waals surface area contributed by atoms with Crippen molar-refractivity contribution in [2.45, 2.75) is 41.0 Å². The Kier molecular flexibility index (Phi) is 3.95. The Balaban J connectivity index is 2.09. The second kappa shape index (κ2) is 5.82. The molecule has 3 aromatic rings. The second-order valence-corrected chi connectivity index (χ2v) is 7.44. The Labute approximate surface area is 141 Å². The summed E-state index contributed by atoms with van der Waals surface area (Å²) >= 11 is 0. The molecule has 24 heavy (non-hydrogen) atoms. The molecule has 5 heteroatoms. The van der Waals surface area contributed by atoms with Gasteiger partial charge in [-0.15, -0.1) is 0 Å². The molecule has 0 saturated carbocycles. The highest BCUT2D eigenvalue weighted by Crippen LogP contribution is 2.31. The van der Waals surface area contributed by atoms with E-state index in [9.17, 15) is 4.79 Å². The molecule has 0 fully saturated rings. The van der Waals surface area contributed by atoms with Crippen LogP contribution >= 0.6 is 0 Å². The first-order chi connectivity index (χ1) is 11.2. The minimum Gasteiger partial charge on any atom is -0.460 e. The maximum absolute atomic E-state index is 12.5. The van der Waals surface area contributed by atoms with E-state index in [2.05, 4.69) is 10.3 Å². The van der Waals surface area contributed by atoms with Crippen molar-refractivity contribution in [1.29, 1.82) is 0 Å². The molecule has 1 amide bonds. The third-order valence-corrected chi connectivity index (χ3v) is 3.69. The first kappa shape index (κ1) is 16.3. The van der Waals surface area contributed by atoms with Gasteiger partial charge in [-0.3, -0.25) is 9.20 Å². The van der Waals surface area contributed by atoms with E-state index in [0.29, 0.717) is 23.7 Å². The molecule has 0 aliphatic heterocycles. The van der Waals surface area contributed by atoms with Crippen molar-refractivity contribution in [1.82, 2.24) is 9.38 Å². The van der Waals surface area contributed by atoms with Crippen molar-refractivity contribution in [3.8, 4) is 11.5 Å². The molecule has 0 spiro atoms. The summed E-state index contributed by atoms with van der Waals surface area (Å²) in [4.78, 5) is 17.1. The number of fused-ring (bicyclic) bond motifs is 1. The highest BCUT2D eigenvalue weighted by molar-refractivity contribution is 5.94. The van der Waals surface area contributed by atoms with Gasteiger partial charge in [0.2, 0.25) is 5.91 Å². The first-order valence-corrected chi connectivity index (χ1v) is 8.08. The number of anilines is 1. The van der Waals surface area contributed by atoms with Gasteiger partial charge in [0.15, 0.2) is 5.76 Å². The third-order valence-electron chi connectivity index (χ3n) is 3.69. The molecule has 3 aromatic heterocycles. The highest BCUT2D eigenvalue weighted by atomic mass is 16.3. The van der Waals surface area contributed by atoms with E-state index in [4.69, 9.17) is 4.42 Å². The summed E-state index contributed by atoms with van der Waals surface area (Å²) in [7, 11) is 0. The smallest absolute Gasteiger partial charge is 0.226 e. The molecule has 0 radical (unpaired) electrons. The first-order valence-electron chi connectivity index (χ1n) is 8.08. The predicted molar refractivity (Wildman–Crippen MR) is 95.1 cm³/mol. The molecule has 5 nitrogen and oxygen atoms in total. The average molecular weight is 325 g/mol. The average Bonchev–Trinajstić information content (AvgIpc) is 3.01. The van der Waals surface area contributed by atoms with Gasteiger partial charge in [0.05, 0.1) is 0 Å². The van der Waals surface area contributed by atoms with Crippen LogP contribution in [0.3, 0.4) is 0 Å². The van der Waals surface area contributed by atoms with Crippen LogP contribution in [0.15, 0.2) is 34.9 Å². The summed E-state index contributed by atoms with van der Waals surface area (Å²) in [5.41, 5.74) is 2.43. The molecule has 0 atom stereocenters. The van der Waals surface area contributed by atoms with Gasteiger partial charge in [-0.2, -0.15) is 0 Å². The van der Waals surface area contributed by atoms with Gasteiger partial charge < -0.3 is 9.73 Å². The Morgan fingerprint density at radius 2 is 1.96 bits per heavy atom. The van der Waals surface area contributed by atoms with Crippen LogP contribution in [0.2, 0.25) is 0 Å². The largest absolute Gasteiger partial charge is 0.460 e. The van der Waals surface area contributed by atoms with Crippen molar-refractivity contribution in [3.63, 3.8) is 0 Å². The van der Waals surface area contributed by atoms with Gasteiger partial charge in [0.1, 0.15) is 22.9 Å². The summed E-state index contributed by atoms with van der Waals surface area (Å²) in [5.74, 6) is 2.08. The van der Waals surface area contributed by atoms with Crippen molar-refractivity contribution in [3.05, 3.63) is 41.8 Å². The minimum absolute atomic E-state index is 0.0321. The van der Waals surface area contributed by atoms with Crippen LogP contribution in [0.5, 0.6) is 0 Å². The number of aryl methyl sites for hydroxylation is 2. The molecule has 0 aliphatic carbocycles. The quantitative estimate of drug-likeness (QED) is 0.766. The molecule has 0 saturated heterocycles. The predicted octanol–water partition coefficient (Wildman–Crippen LogP) is 4.59. The van der Waals surface area contributed by atoms with E-state index < -0.39 is 0 Å². The van der Waals surface area contributed by atoms with Crippen molar-refractivity contribution < 1.29 is 9.21 Å². The maximum Gasteiger partial charge on any atom is 0.226 e. The number of nitrogens with zero attached hydrogens (tertiary/aromatic N) is 2. The topological polar surface area (TPSA) is 59.5 Å². The molecule has 1 N–H and O–H groups in total. The Morgan fingerprint density at radius 1 is 1.21 bits per heavy atom.